The van der Waals surface area contributed by atoms with E-state index in [0.717, 1.165) is 32.1 Å². The maximum Gasteiger partial charge on any atom is 0.311 e. The van der Waals surface area contributed by atoms with Crippen LogP contribution >= 0.6 is 0 Å². The highest BCUT2D eigenvalue weighted by Crippen LogP contribution is 2.22. The van der Waals surface area contributed by atoms with E-state index >= 15 is 0 Å². The topological polar surface area (TPSA) is 169 Å². The fraction of sp³-hybridized carbons (Fsp3) is 0.833. The van der Waals surface area contributed by atoms with Crippen molar-refractivity contribution in [2.75, 3.05) is 33.0 Å². The van der Waals surface area contributed by atoms with Gasteiger partial charge in [-0.3, -0.25) is 28.8 Å². The first kappa shape index (κ1) is 46.9. The Morgan fingerprint density at radius 2 is 1.02 bits per heavy atom. The van der Waals surface area contributed by atoms with Gasteiger partial charge in [-0.25, -0.2) is 0 Å². The molecule has 1 unspecified atom stereocenters. The van der Waals surface area contributed by atoms with E-state index < -0.39 is 22.8 Å². The normalized spacial score (nSPS) is 11.8. The summed E-state index contributed by atoms with van der Waals surface area (Å²) < 4.78 is 25.4. The number of carboxylic acid groups (broad SMARTS) is 1. The van der Waals surface area contributed by atoms with Crippen molar-refractivity contribution >= 4 is 35.8 Å². The van der Waals surface area contributed by atoms with Crippen LogP contribution in [0.2, 0.25) is 0 Å². The number of aliphatic carboxylic acids is 1. The third kappa shape index (κ3) is 25.9. The molecule has 1 N–H and O–H groups in total. The smallest absolute Gasteiger partial charge is 0.311 e. The Morgan fingerprint density at radius 3 is 1.56 bits per heavy atom. The largest absolute Gasteiger partial charge is 0.481 e. The molecule has 0 spiro atoms. The molecule has 0 aromatic carbocycles. The van der Waals surface area contributed by atoms with E-state index in [2.05, 4.69) is 13.8 Å². The number of esters is 5. The van der Waals surface area contributed by atoms with Crippen LogP contribution in [0.15, 0.2) is 0 Å². The molecule has 48 heavy (non-hydrogen) atoms. The second-order valence-corrected chi connectivity index (χ2v) is 13.1. The maximum absolute atomic E-state index is 11.8. The number of carboxylic acids is 1. The van der Waals surface area contributed by atoms with E-state index in [0.29, 0.717) is 44.8 Å². The van der Waals surface area contributed by atoms with E-state index in [1.807, 2.05) is 27.7 Å². The molecule has 0 amide bonds. The molecule has 0 aromatic rings. The van der Waals surface area contributed by atoms with Gasteiger partial charge in [-0.15, -0.1) is 0 Å². The van der Waals surface area contributed by atoms with Crippen LogP contribution in [0.3, 0.4) is 0 Å². The van der Waals surface area contributed by atoms with Gasteiger partial charge in [0.05, 0.1) is 43.5 Å². The van der Waals surface area contributed by atoms with Gasteiger partial charge < -0.3 is 28.8 Å². The number of carbonyl (C=O) groups excluding carboxylic acids is 5. The van der Waals surface area contributed by atoms with Crippen LogP contribution in [0.1, 0.15) is 145 Å². The molecule has 0 fully saturated rings. The molecule has 12 heteroatoms. The molecule has 0 rings (SSSR count). The first-order chi connectivity index (χ1) is 22.6. The summed E-state index contributed by atoms with van der Waals surface area (Å²) in [6.07, 6.45) is 8.84. The predicted octanol–water partition coefficient (Wildman–Crippen LogP) is 6.98. The number of hydrogen-bond acceptors (Lipinski definition) is 11. The zero-order valence-electron chi connectivity index (χ0n) is 31.0. The van der Waals surface area contributed by atoms with E-state index in [9.17, 15) is 28.8 Å². The second kappa shape index (κ2) is 27.7. The molecular formula is C36H64O12. The van der Waals surface area contributed by atoms with Gasteiger partial charge in [0.1, 0.15) is 13.2 Å². The molecule has 0 radical (unpaired) electrons. The minimum absolute atomic E-state index is 0.0128. The fourth-order valence-electron chi connectivity index (χ4n) is 3.62. The Labute approximate surface area is 288 Å². The van der Waals surface area contributed by atoms with Crippen LogP contribution in [0.25, 0.3) is 0 Å². The third-order valence-corrected chi connectivity index (χ3v) is 8.07. The highest BCUT2D eigenvalue weighted by molar-refractivity contribution is 5.77. The second-order valence-electron chi connectivity index (χ2n) is 13.1. The van der Waals surface area contributed by atoms with E-state index in [4.69, 9.17) is 28.8 Å². The van der Waals surface area contributed by atoms with Gasteiger partial charge in [-0.1, -0.05) is 47.0 Å². The summed E-state index contributed by atoms with van der Waals surface area (Å²) in [6.45, 7) is 16.4. The van der Waals surface area contributed by atoms with Gasteiger partial charge >= 0.3 is 35.8 Å². The highest BCUT2D eigenvalue weighted by Gasteiger charge is 2.27. The minimum Gasteiger partial charge on any atom is -0.481 e. The van der Waals surface area contributed by atoms with Gasteiger partial charge in [-0.2, -0.15) is 0 Å². The van der Waals surface area contributed by atoms with E-state index in [1.165, 1.54) is 12.8 Å². The van der Waals surface area contributed by atoms with Crippen molar-refractivity contribution in [1.29, 1.82) is 0 Å². The van der Waals surface area contributed by atoms with Gasteiger partial charge in [0, 0.05) is 12.8 Å². The summed E-state index contributed by atoms with van der Waals surface area (Å²) in [5, 5.41) is 8.35. The molecule has 0 heterocycles. The van der Waals surface area contributed by atoms with Crippen LogP contribution in [0.5, 0.6) is 0 Å². The van der Waals surface area contributed by atoms with Crippen molar-refractivity contribution in [2.45, 2.75) is 145 Å². The molecule has 0 aliphatic rings. The lowest BCUT2D eigenvalue weighted by molar-refractivity contribution is -0.159. The van der Waals surface area contributed by atoms with Gasteiger partial charge in [0.15, 0.2) is 0 Å². The summed E-state index contributed by atoms with van der Waals surface area (Å²) in [5.74, 6) is -2.18. The summed E-state index contributed by atoms with van der Waals surface area (Å²) in [5.41, 5.74) is -1.03. The molecule has 0 aromatic heterocycles. The van der Waals surface area contributed by atoms with Crippen molar-refractivity contribution in [3.05, 3.63) is 0 Å². The first-order valence-electron chi connectivity index (χ1n) is 17.6. The Hall–Kier alpha value is -3.18. The molecule has 1 atom stereocenters. The Balaban J connectivity index is 0. The average Bonchev–Trinajstić information content (AvgIpc) is 3.05. The van der Waals surface area contributed by atoms with Crippen molar-refractivity contribution in [3.63, 3.8) is 0 Å². The van der Waals surface area contributed by atoms with Crippen LogP contribution in [-0.2, 0) is 52.5 Å². The number of carbonyl (C=O) groups is 6. The third-order valence-electron chi connectivity index (χ3n) is 8.07. The lowest BCUT2D eigenvalue weighted by atomic mass is 9.91. The molecule has 0 saturated carbocycles. The van der Waals surface area contributed by atoms with Gasteiger partial charge in [0.25, 0.3) is 0 Å². The van der Waals surface area contributed by atoms with E-state index in [1.54, 1.807) is 13.8 Å². The summed E-state index contributed by atoms with van der Waals surface area (Å²) >= 11 is 0. The summed E-state index contributed by atoms with van der Waals surface area (Å²) in [7, 11) is 0. The summed E-state index contributed by atoms with van der Waals surface area (Å²) in [6, 6.07) is 0. The number of hydrogen-bond donors (Lipinski definition) is 1. The standard InChI is InChI=1S/C24H44O6.C12H20O6/c1-6-9-14-20(7-2)19-30-22(26)15-11-10-12-17-28-21(25)16-13-18-29-23(27)24(4,5)8-3;1-4-12(2,3)11(16)18-8-7-17-10(15)6-5-9(13)14/h20H,6-19H2,1-5H3;4-8H2,1-3H3,(H,13,14). The van der Waals surface area contributed by atoms with Crippen LogP contribution in [-0.4, -0.2) is 74.0 Å². The Bertz CT molecular complexity index is 941. The van der Waals surface area contributed by atoms with Gasteiger partial charge in [0.2, 0.25) is 0 Å². The summed E-state index contributed by atoms with van der Waals surface area (Å²) in [4.78, 5) is 68.1. The zero-order chi connectivity index (χ0) is 37.0. The molecule has 0 aliphatic carbocycles. The zero-order valence-corrected chi connectivity index (χ0v) is 31.0. The number of unbranched alkanes of at least 4 members (excludes halogenated alkanes) is 3. The predicted molar refractivity (Wildman–Crippen MR) is 181 cm³/mol. The minimum atomic E-state index is -1.05. The highest BCUT2D eigenvalue weighted by atomic mass is 16.6. The first-order valence-corrected chi connectivity index (χ1v) is 17.6. The molecule has 0 saturated heterocycles. The molecule has 280 valence electrons. The molecule has 0 aliphatic heterocycles. The molecule has 0 bridgehead atoms. The van der Waals surface area contributed by atoms with Crippen molar-refractivity contribution in [2.24, 2.45) is 16.7 Å². The number of ether oxygens (including phenoxy) is 5. The lowest BCUT2D eigenvalue weighted by Gasteiger charge is -2.20. The van der Waals surface area contributed by atoms with Crippen molar-refractivity contribution in [3.8, 4) is 0 Å². The maximum atomic E-state index is 11.8. The molecular weight excluding hydrogens is 624 g/mol. The average molecular weight is 689 g/mol. The fourth-order valence-corrected chi connectivity index (χ4v) is 3.62. The van der Waals surface area contributed by atoms with Crippen LogP contribution < -0.4 is 0 Å². The molecule has 12 nitrogen and oxygen atoms in total. The van der Waals surface area contributed by atoms with Crippen molar-refractivity contribution < 1.29 is 57.6 Å². The van der Waals surface area contributed by atoms with E-state index in [-0.39, 0.29) is 63.0 Å². The quantitative estimate of drug-likeness (QED) is 0.0563. The SMILES string of the molecule is CCC(C)(C)C(=O)OCCOC(=O)CCC(=O)O.CCCCC(CC)COC(=O)CCCCCOC(=O)CCCOC(=O)C(C)(C)CC. The Kier molecular flexibility index (Phi) is 27.1. The van der Waals surface area contributed by atoms with Crippen LogP contribution in [0, 0.1) is 16.7 Å². The van der Waals surface area contributed by atoms with Crippen molar-refractivity contribution in [1.82, 2.24) is 0 Å². The Morgan fingerprint density at radius 1 is 0.542 bits per heavy atom. The lowest BCUT2D eigenvalue weighted by Crippen LogP contribution is -2.27. The van der Waals surface area contributed by atoms with Crippen LogP contribution in [0.4, 0.5) is 0 Å². The number of rotatable bonds is 26. The van der Waals surface area contributed by atoms with Gasteiger partial charge in [-0.05, 0) is 78.6 Å². The monoisotopic (exact) mass is 688 g/mol.